The van der Waals surface area contributed by atoms with Crippen molar-refractivity contribution in [2.75, 3.05) is 0 Å². The molecule has 0 radical (unpaired) electrons. The quantitative estimate of drug-likeness (QED) is 0.396. The zero-order chi connectivity index (χ0) is 22.8. The van der Waals surface area contributed by atoms with Crippen LogP contribution in [0.3, 0.4) is 0 Å². The van der Waals surface area contributed by atoms with Crippen molar-refractivity contribution < 1.29 is 0 Å². The van der Waals surface area contributed by atoms with Crippen molar-refractivity contribution in [3.63, 3.8) is 0 Å². The van der Waals surface area contributed by atoms with Gasteiger partial charge in [0, 0.05) is 38.2 Å². The maximum absolute atomic E-state index is 13.4. The van der Waals surface area contributed by atoms with E-state index in [0.29, 0.717) is 37.7 Å². The highest BCUT2D eigenvalue weighted by molar-refractivity contribution is 7.12. The van der Waals surface area contributed by atoms with Crippen molar-refractivity contribution >= 4 is 34.5 Å². The lowest BCUT2D eigenvalue weighted by atomic mass is 9.82. The predicted octanol–water partition coefficient (Wildman–Crippen LogP) is 5.70. The third kappa shape index (κ3) is 4.06. The molecule has 2 aromatic heterocycles. The number of rotatable bonds is 5. The first-order valence-electron chi connectivity index (χ1n) is 9.51. The molecule has 4 rings (SSSR count). The van der Waals surface area contributed by atoms with Gasteiger partial charge in [-0.15, -0.1) is 11.3 Å². The van der Waals surface area contributed by atoms with Gasteiger partial charge in [-0.05, 0) is 36.8 Å². The van der Waals surface area contributed by atoms with E-state index in [1.165, 1.54) is 16.0 Å². The van der Waals surface area contributed by atoms with Gasteiger partial charge in [0.25, 0.3) is 5.56 Å². The van der Waals surface area contributed by atoms with Crippen LogP contribution < -0.4 is 5.56 Å². The molecule has 1 unspecified atom stereocenters. The number of aromatic nitrogens is 3. The Morgan fingerprint density at radius 3 is 2.22 bits per heavy atom. The summed E-state index contributed by atoms with van der Waals surface area (Å²) in [5.74, 6) is -1.78. The monoisotopic (exact) mass is 479 g/mol. The molecule has 0 aliphatic carbocycles. The number of nitriles is 2. The number of hydrogen-bond acceptors (Lipinski definition) is 5. The van der Waals surface area contributed by atoms with Crippen molar-refractivity contribution in [2.24, 2.45) is 5.92 Å². The van der Waals surface area contributed by atoms with E-state index in [2.05, 4.69) is 10.1 Å². The molecule has 1 atom stereocenters. The van der Waals surface area contributed by atoms with Crippen LogP contribution in [0.5, 0.6) is 0 Å². The molecule has 0 saturated carbocycles. The molecule has 32 heavy (non-hydrogen) atoms. The Morgan fingerprint density at radius 2 is 1.62 bits per heavy atom. The molecule has 158 valence electrons. The molecule has 0 fully saturated rings. The van der Waals surface area contributed by atoms with E-state index >= 15 is 0 Å². The number of nitrogens with zero attached hydrogens (tertiary/aromatic N) is 4. The Bertz CT molecular complexity index is 1390. The van der Waals surface area contributed by atoms with Crippen molar-refractivity contribution in [3.8, 4) is 28.5 Å². The maximum atomic E-state index is 13.4. The number of benzene rings is 2. The third-order valence-corrected chi connectivity index (χ3v) is 6.42. The molecule has 6 nitrogen and oxygen atoms in total. The van der Waals surface area contributed by atoms with Gasteiger partial charge in [-0.25, -0.2) is 4.98 Å². The van der Waals surface area contributed by atoms with E-state index in [-0.39, 0.29) is 5.56 Å². The molecule has 2 heterocycles. The van der Waals surface area contributed by atoms with E-state index in [0.717, 1.165) is 5.56 Å². The minimum absolute atomic E-state index is 0.351. The van der Waals surface area contributed by atoms with Crippen LogP contribution in [0.15, 0.2) is 58.7 Å². The summed E-state index contributed by atoms with van der Waals surface area (Å²) in [5, 5.41) is 25.7. The fourth-order valence-electron chi connectivity index (χ4n) is 3.55. The third-order valence-electron chi connectivity index (χ3n) is 5.09. The van der Waals surface area contributed by atoms with E-state index in [9.17, 15) is 15.3 Å². The molecular weight excluding hydrogens is 465 g/mol. The smallest absolute Gasteiger partial charge is 0.277 e. The van der Waals surface area contributed by atoms with E-state index in [4.69, 9.17) is 23.2 Å². The minimum atomic E-state index is -1.05. The molecule has 0 bridgehead atoms. The van der Waals surface area contributed by atoms with Crippen LogP contribution in [-0.4, -0.2) is 14.8 Å². The summed E-state index contributed by atoms with van der Waals surface area (Å²) in [6.07, 6.45) is 0. The van der Waals surface area contributed by atoms with Gasteiger partial charge in [0.2, 0.25) is 5.13 Å². The number of nitrogens with one attached hydrogen (secondary N) is 1. The van der Waals surface area contributed by atoms with Crippen molar-refractivity contribution in [2.45, 2.75) is 12.8 Å². The molecule has 0 saturated heterocycles. The van der Waals surface area contributed by atoms with Gasteiger partial charge in [0.1, 0.15) is 5.92 Å². The topological polar surface area (TPSA) is 98.3 Å². The van der Waals surface area contributed by atoms with Gasteiger partial charge < -0.3 is 0 Å². The fourth-order valence-corrected chi connectivity index (χ4v) is 4.60. The summed E-state index contributed by atoms with van der Waals surface area (Å²) in [5.41, 5.74) is 2.81. The molecule has 0 aliphatic heterocycles. The van der Waals surface area contributed by atoms with Crippen LogP contribution in [0.2, 0.25) is 10.0 Å². The molecule has 4 aromatic rings. The zero-order valence-corrected chi connectivity index (χ0v) is 19.0. The number of halogens is 2. The predicted molar refractivity (Wildman–Crippen MR) is 125 cm³/mol. The first kappa shape index (κ1) is 21.9. The second-order valence-electron chi connectivity index (χ2n) is 7.08. The Labute approximate surface area is 197 Å². The highest BCUT2D eigenvalue weighted by atomic mass is 35.5. The first-order valence-corrected chi connectivity index (χ1v) is 11.1. The second-order valence-corrected chi connectivity index (χ2v) is 8.79. The number of hydrogen-bond donors (Lipinski definition) is 1. The van der Waals surface area contributed by atoms with Crippen molar-refractivity contribution in [1.29, 1.82) is 10.5 Å². The lowest BCUT2D eigenvalue weighted by Crippen LogP contribution is -2.23. The molecule has 2 aromatic carbocycles. The number of thiazole rings is 1. The normalized spacial score (nSPS) is 11.8. The second kappa shape index (κ2) is 9.02. The summed E-state index contributed by atoms with van der Waals surface area (Å²) in [6, 6.07) is 18.1. The Morgan fingerprint density at radius 1 is 1.03 bits per heavy atom. The van der Waals surface area contributed by atoms with Crippen molar-refractivity contribution in [1.82, 2.24) is 14.8 Å². The molecule has 0 amide bonds. The summed E-state index contributed by atoms with van der Waals surface area (Å²) in [7, 11) is 0. The largest absolute Gasteiger partial charge is 0.293 e. The SMILES string of the molecule is Cc1[nH]n(-c2nc(-c3ccc(Cl)cc3)cs2)c(=O)c1C(c1ccc(Cl)cc1)C(C#N)C#N. The molecular formula is C23H15Cl2N5OS. The van der Waals surface area contributed by atoms with E-state index < -0.39 is 11.8 Å². The molecule has 0 spiro atoms. The summed E-state index contributed by atoms with van der Waals surface area (Å²) in [6.45, 7) is 1.75. The Hall–Kier alpha value is -3.36. The highest BCUT2D eigenvalue weighted by Crippen LogP contribution is 2.33. The van der Waals surface area contributed by atoms with Crippen LogP contribution in [0.4, 0.5) is 0 Å². The number of H-pyrrole nitrogens is 1. The van der Waals surface area contributed by atoms with Gasteiger partial charge in [0.05, 0.1) is 17.8 Å². The van der Waals surface area contributed by atoms with Gasteiger partial charge in [-0.2, -0.15) is 15.2 Å². The van der Waals surface area contributed by atoms with Crippen molar-refractivity contribution in [3.05, 3.63) is 91.1 Å². The standard InChI is InChI=1S/C23H15Cl2N5OS/c1-13-20(21(16(10-26)11-27)15-4-8-18(25)9-5-15)22(31)30(29-13)23-28-19(12-32-23)14-2-6-17(24)7-3-14/h2-9,12,16,21,29H,1H3. The number of aromatic amines is 1. The Balaban J connectivity index is 1.81. The number of aryl methyl sites for hydroxylation is 1. The lowest BCUT2D eigenvalue weighted by Gasteiger charge is -2.17. The minimum Gasteiger partial charge on any atom is -0.293 e. The maximum Gasteiger partial charge on any atom is 0.277 e. The van der Waals surface area contributed by atoms with Gasteiger partial charge >= 0.3 is 0 Å². The molecule has 0 aliphatic rings. The summed E-state index contributed by atoms with van der Waals surface area (Å²) in [4.78, 5) is 18.0. The molecule has 1 N–H and O–H groups in total. The van der Waals surface area contributed by atoms with Crippen LogP contribution >= 0.6 is 34.5 Å². The van der Waals surface area contributed by atoms with Gasteiger partial charge in [-0.1, -0.05) is 47.5 Å². The van der Waals surface area contributed by atoms with E-state index in [1.54, 1.807) is 43.3 Å². The fraction of sp³-hybridized carbons (Fsp3) is 0.130. The first-order chi connectivity index (χ1) is 15.4. The average Bonchev–Trinajstić information content (AvgIpc) is 3.38. The van der Waals surface area contributed by atoms with Gasteiger partial charge in [-0.3, -0.25) is 9.89 Å². The molecule has 9 heteroatoms. The Kier molecular flexibility index (Phi) is 6.16. The summed E-state index contributed by atoms with van der Waals surface area (Å²) < 4.78 is 1.35. The van der Waals surface area contributed by atoms with Crippen LogP contribution in [0.1, 0.15) is 22.7 Å². The van der Waals surface area contributed by atoms with Crippen LogP contribution in [-0.2, 0) is 0 Å². The van der Waals surface area contributed by atoms with Crippen LogP contribution in [0.25, 0.3) is 16.4 Å². The van der Waals surface area contributed by atoms with Gasteiger partial charge in [0.15, 0.2) is 0 Å². The lowest BCUT2D eigenvalue weighted by molar-refractivity contribution is 0.699. The summed E-state index contributed by atoms with van der Waals surface area (Å²) >= 11 is 13.3. The van der Waals surface area contributed by atoms with E-state index in [1.807, 2.05) is 29.7 Å². The zero-order valence-electron chi connectivity index (χ0n) is 16.7. The highest BCUT2D eigenvalue weighted by Gasteiger charge is 2.31. The average molecular weight is 480 g/mol. The van der Waals surface area contributed by atoms with Crippen LogP contribution in [0, 0.1) is 35.5 Å².